The van der Waals surface area contributed by atoms with Crippen molar-refractivity contribution in [1.29, 1.82) is 0 Å². The predicted octanol–water partition coefficient (Wildman–Crippen LogP) is -2.53. The van der Waals surface area contributed by atoms with Gasteiger partial charge in [-0.25, -0.2) is 4.98 Å². The number of carbonyl (C=O) groups is 8. The molecule has 24 nitrogen and oxygen atoms in total. The summed E-state index contributed by atoms with van der Waals surface area (Å²) in [7, 11) is 0. The van der Waals surface area contributed by atoms with E-state index < -0.39 is 96.1 Å². The van der Waals surface area contributed by atoms with E-state index in [-0.39, 0.29) is 57.6 Å². The van der Waals surface area contributed by atoms with E-state index in [1.807, 2.05) is 24.3 Å². The van der Waals surface area contributed by atoms with E-state index in [2.05, 4.69) is 51.8 Å². The zero-order chi connectivity index (χ0) is 52.2. The van der Waals surface area contributed by atoms with Crippen LogP contribution in [0.5, 0.6) is 0 Å². The lowest BCUT2D eigenvalue weighted by molar-refractivity contribution is -0.142. The summed E-state index contributed by atoms with van der Waals surface area (Å²) in [6.07, 6.45) is 7.00. The summed E-state index contributed by atoms with van der Waals surface area (Å²) in [4.78, 5) is 124. The largest absolute Gasteiger partial charge is 0.370 e. The fraction of sp³-hybridized carbons (Fsp3) is 0.458. The number of aromatic amines is 2. The molecule has 1 aliphatic heterocycles. The van der Waals surface area contributed by atoms with Gasteiger partial charge < -0.3 is 75.4 Å². The number of hydrogen-bond donors (Lipinski definition) is 13. The van der Waals surface area contributed by atoms with Gasteiger partial charge in [0.25, 0.3) is 0 Å². The molecule has 2 aromatic carbocycles. The average molecular weight is 997 g/mol. The van der Waals surface area contributed by atoms with E-state index in [1.165, 1.54) is 24.3 Å². The van der Waals surface area contributed by atoms with Crippen molar-refractivity contribution in [2.24, 2.45) is 33.7 Å². The number of H-pyrrole nitrogens is 2. The maximum absolute atomic E-state index is 14.5. The van der Waals surface area contributed by atoms with Crippen LogP contribution in [0.4, 0.5) is 0 Å². The third-order valence-electron chi connectivity index (χ3n) is 12.2. The number of carbonyl (C=O) groups excluding carboxylic acids is 8. The molecule has 1 fully saturated rings. The molecular weight excluding hydrogens is 929 g/mol. The lowest BCUT2D eigenvalue weighted by atomic mass is 10.0. The number of likely N-dealkylation sites (tertiary alicyclic amines) is 1. The summed E-state index contributed by atoms with van der Waals surface area (Å²) in [6, 6.07) is 8.44. The number of aromatic nitrogens is 3. The Morgan fingerprint density at radius 3 is 2.15 bits per heavy atom. The number of primary amides is 1. The molecule has 0 spiro atoms. The van der Waals surface area contributed by atoms with E-state index in [9.17, 15) is 38.4 Å². The van der Waals surface area contributed by atoms with Gasteiger partial charge in [0.2, 0.25) is 47.3 Å². The van der Waals surface area contributed by atoms with Crippen LogP contribution < -0.4 is 60.6 Å². The third-order valence-corrected chi connectivity index (χ3v) is 12.2. The third kappa shape index (κ3) is 16.6. The van der Waals surface area contributed by atoms with Crippen LogP contribution in [-0.2, 0) is 57.6 Å². The quantitative estimate of drug-likeness (QED) is 0.0159. The van der Waals surface area contributed by atoms with E-state index in [0.29, 0.717) is 49.0 Å². The fourth-order valence-electron chi connectivity index (χ4n) is 8.28. The summed E-state index contributed by atoms with van der Waals surface area (Å²) < 4.78 is 0. The van der Waals surface area contributed by atoms with Gasteiger partial charge in [-0.1, -0.05) is 48.5 Å². The average Bonchev–Trinajstić information content (AvgIpc) is 4.16. The minimum Gasteiger partial charge on any atom is -0.370 e. The topological polar surface area (TPSA) is 399 Å². The number of rotatable bonds is 28. The van der Waals surface area contributed by atoms with Crippen LogP contribution in [0, 0.1) is 0 Å². The SMILES string of the molecule is C[C@H](NC(=O)[C@@H]1CCCN1C(=O)[C@H](CCCCN)NC(=O)CNC(=O)[C@H](Cc1c[nH]c2ccccc12)NC(=O)[C@H](CCCN=C(N)N)NC(=O)[C@H](Cc1ccccc1)NC(=O)[C@@H](N)Cc1cnc[nH]1)C(N)=O. The van der Waals surface area contributed by atoms with Crippen LogP contribution in [0.2, 0.25) is 0 Å². The highest BCUT2D eigenvalue weighted by molar-refractivity contribution is 5.97. The molecule has 388 valence electrons. The van der Waals surface area contributed by atoms with Gasteiger partial charge in [-0.3, -0.25) is 43.3 Å². The number of amides is 8. The van der Waals surface area contributed by atoms with Gasteiger partial charge in [0.1, 0.15) is 36.3 Å². The second-order valence-corrected chi connectivity index (χ2v) is 17.7. The summed E-state index contributed by atoms with van der Waals surface area (Å²) in [6.45, 7) is 1.49. The second-order valence-electron chi connectivity index (χ2n) is 17.7. The molecule has 0 radical (unpaired) electrons. The number of nitrogens with one attached hydrogen (secondary N) is 8. The zero-order valence-corrected chi connectivity index (χ0v) is 40.4. The standard InChI is InChI=1S/C48H68N16O8/c1-28(41(51)66)59-46(71)39-17-10-20-64(39)47(72)36(15-7-8-18-49)60-40(65)26-57-43(68)38(22-30-24-56-34-14-6-5-13-32(30)34)63-44(69)35(16-9-19-55-48(52)53)61-45(70)37(21-29-11-3-2-4-12-29)62-42(67)33(50)23-31-25-54-27-58-31/h2-6,11-14,24-25,27-28,33,35-39,56H,7-10,15-23,26,49-50H2,1H3,(H2,51,66)(H,54,58)(H,57,68)(H,59,71)(H,60,65)(H,61,70)(H,62,67)(H,63,69)(H4,52,53,55)/t28-,33-,35-,36-,37-,38-,39-/m0/s1. The Bertz CT molecular complexity index is 2500. The Hall–Kier alpha value is -7.86. The first-order valence-corrected chi connectivity index (χ1v) is 24.0. The van der Waals surface area contributed by atoms with Crippen molar-refractivity contribution in [3.8, 4) is 0 Å². The number of nitrogens with zero attached hydrogens (tertiary/aromatic N) is 3. The van der Waals surface area contributed by atoms with Crippen molar-refractivity contribution in [3.63, 3.8) is 0 Å². The first-order chi connectivity index (χ1) is 34.5. The lowest BCUT2D eigenvalue weighted by Crippen LogP contribution is -2.59. The van der Waals surface area contributed by atoms with Crippen molar-refractivity contribution in [2.75, 3.05) is 26.2 Å². The normalized spacial score (nSPS) is 15.7. The first-order valence-electron chi connectivity index (χ1n) is 24.0. The van der Waals surface area contributed by atoms with Gasteiger partial charge in [-0.05, 0) is 75.6 Å². The smallest absolute Gasteiger partial charge is 0.245 e. The van der Waals surface area contributed by atoms with Gasteiger partial charge in [0.05, 0.1) is 18.9 Å². The fourth-order valence-corrected chi connectivity index (χ4v) is 8.28. The number of imidazole rings is 1. The molecule has 3 heterocycles. The Balaban J connectivity index is 1.35. The van der Waals surface area contributed by atoms with Crippen LogP contribution in [0.1, 0.15) is 68.7 Å². The lowest BCUT2D eigenvalue weighted by Gasteiger charge is -2.29. The van der Waals surface area contributed by atoms with Crippen molar-refractivity contribution >= 4 is 64.1 Å². The molecule has 0 aliphatic carbocycles. The number of hydrogen-bond acceptors (Lipinski definition) is 12. The number of guanidine groups is 1. The van der Waals surface area contributed by atoms with E-state index in [4.69, 9.17) is 28.7 Å². The molecule has 4 aromatic rings. The number of benzene rings is 2. The minimum atomic E-state index is -1.32. The van der Waals surface area contributed by atoms with Gasteiger partial charge in [0, 0.05) is 61.3 Å². The van der Waals surface area contributed by atoms with Crippen LogP contribution in [0.3, 0.4) is 0 Å². The number of fused-ring (bicyclic) bond motifs is 1. The summed E-state index contributed by atoms with van der Waals surface area (Å²) in [5.41, 5.74) is 31.2. The number of para-hydroxylation sites is 1. The van der Waals surface area contributed by atoms with Crippen molar-refractivity contribution < 1.29 is 38.4 Å². The van der Waals surface area contributed by atoms with Crippen molar-refractivity contribution in [2.45, 2.75) is 113 Å². The molecule has 0 bridgehead atoms. The molecule has 7 atom stereocenters. The molecular formula is C48H68N16O8. The summed E-state index contributed by atoms with van der Waals surface area (Å²) in [5.74, 6) is -5.58. The Kier molecular flexibility index (Phi) is 21.0. The molecule has 72 heavy (non-hydrogen) atoms. The highest BCUT2D eigenvalue weighted by Crippen LogP contribution is 2.21. The summed E-state index contributed by atoms with van der Waals surface area (Å²) in [5, 5.41) is 16.9. The van der Waals surface area contributed by atoms with Gasteiger partial charge in [-0.2, -0.15) is 0 Å². The zero-order valence-electron chi connectivity index (χ0n) is 40.4. The predicted molar refractivity (Wildman–Crippen MR) is 267 cm³/mol. The molecule has 0 unspecified atom stereocenters. The second kappa shape index (κ2) is 27.5. The number of aliphatic imine (C=N–C) groups is 1. The van der Waals surface area contributed by atoms with E-state index in [0.717, 1.165) is 10.9 Å². The van der Waals surface area contributed by atoms with Crippen molar-refractivity contribution in [3.05, 3.63) is 90.1 Å². The van der Waals surface area contributed by atoms with E-state index in [1.54, 1.807) is 36.5 Å². The minimum absolute atomic E-state index is 0.00714. The first kappa shape index (κ1) is 55.1. The molecule has 1 saturated heterocycles. The van der Waals surface area contributed by atoms with E-state index >= 15 is 0 Å². The molecule has 24 heteroatoms. The Morgan fingerprint density at radius 2 is 1.44 bits per heavy atom. The molecule has 0 saturated carbocycles. The maximum Gasteiger partial charge on any atom is 0.245 e. The number of nitrogens with two attached hydrogens (primary N) is 5. The van der Waals surface area contributed by atoms with Gasteiger partial charge in [-0.15, -0.1) is 0 Å². The maximum atomic E-state index is 14.5. The van der Waals surface area contributed by atoms with Crippen molar-refractivity contribution in [1.82, 2.24) is 51.8 Å². The molecule has 2 aromatic heterocycles. The highest BCUT2D eigenvalue weighted by Gasteiger charge is 2.38. The van der Waals surface area contributed by atoms with Gasteiger partial charge in [0.15, 0.2) is 5.96 Å². The summed E-state index contributed by atoms with van der Waals surface area (Å²) >= 11 is 0. The number of unbranched alkanes of at least 4 members (excludes halogenated alkanes) is 1. The highest BCUT2D eigenvalue weighted by atomic mass is 16.2. The molecule has 18 N–H and O–H groups in total. The molecule has 8 amide bonds. The molecule has 5 rings (SSSR count). The van der Waals surface area contributed by atoms with Crippen LogP contribution in [0.25, 0.3) is 10.9 Å². The van der Waals surface area contributed by atoms with Crippen LogP contribution in [0.15, 0.2) is 78.3 Å². The van der Waals surface area contributed by atoms with Crippen LogP contribution in [-0.4, -0.2) is 142 Å². The van der Waals surface area contributed by atoms with Crippen LogP contribution >= 0.6 is 0 Å². The van der Waals surface area contributed by atoms with Gasteiger partial charge >= 0.3 is 0 Å². The Morgan fingerprint density at radius 1 is 0.764 bits per heavy atom. The Labute approximate surface area is 416 Å². The monoisotopic (exact) mass is 997 g/mol. The molecule has 1 aliphatic rings.